The van der Waals surface area contributed by atoms with Crippen molar-refractivity contribution in [1.82, 2.24) is 19.7 Å². The molecule has 27 heavy (non-hydrogen) atoms. The van der Waals surface area contributed by atoms with E-state index in [1.54, 1.807) is 0 Å². The van der Waals surface area contributed by atoms with Gasteiger partial charge in [-0.2, -0.15) is 0 Å². The highest BCUT2D eigenvalue weighted by molar-refractivity contribution is 7.99. The van der Waals surface area contributed by atoms with Gasteiger partial charge < -0.3 is 14.2 Å². The van der Waals surface area contributed by atoms with Crippen molar-refractivity contribution >= 4 is 17.7 Å². The van der Waals surface area contributed by atoms with Gasteiger partial charge in [-0.05, 0) is 49.8 Å². The first kappa shape index (κ1) is 19.7. The molecule has 1 saturated heterocycles. The molecule has 1 amide bonds. The molecule has 1 aliphatic rings. The van der Waals surface area contributed by atoms with E-state index in [1.807, 2.05) is 28.6 Å². The van der Waals surface area contributed by atoms with Crippen LogP contribution in [0.4, 0.5) is 0 Å². The van der Waals surface area contributed by atoms with Crippen LogP contribution >= 0.6 is 11.8 Å². The second kappa shape index (κ2) is 8.78. The molecule has 1 fully saturated rings. The number of carbonyl (C=O) groups excluding carboxylic acids is 1. The highest BCUT2D eigenvalue weighted by atomic mass is 32.2. The molecule has 1 atom stereocenters. The third-order valence-electron chi connectivity index (χ3n) is 5.17. The van der Waals surface area contributed by atoms with Crippen LogP contribution in [0.5, 0.6) is 5.75 Å². The fourth-order valence-electron chi connectivity index (χ4n) is 3.25. The van der Waals surface area contributed by atoms with E-state index in [0.717, 1.165) is 41.8 Å². The van der Waals surface area contributed by atoms with Crippen molar-refractivity contribution in [3.63, 3.8) is 0 Å². The number of benzene rings is 1. The SMILES string of the molecule is Cc1cccc(OCc2nnc(SCC(=O)N3CCC[C@@H](C)C3)n2C)c1C. The number of thioether (sulfide) groups is 1. The summed E-state index contributed by atoms with van der Waals surface area (Å²) in [6, 6.07) is 6.02. The lowest BCUT2D eigenvalue weighted by atomic mass is 10.0. The van der Waals surface area contributed by atoms with E-state index in [1.165, 1.54) is 23.7 Å². The quantitative estimate of drug-likeness (QED) is 0.710. The molecule has 0 aliphatic carbocycles. The Morgan fingerprint density at radius 1 is 1.33 bits per heavy atom. The minimum absolute atomic E-state index is 0.183. The van der Waals surface area contributed by atoms with Crippen molar-refractivity contribution < 1.29 is 9.53 Å². The number of carbonyl (C=O) groups is 1. The van der Waals surface area contributed by atoms with Gasteiger partial charge in [0.2, 0.25) is 5.91 Å². The summed E-state index contributed by atoms with van der Waals surface area (Å²) in [6.45, 7) is 8.42. The average Bonchev–Trinajstić information content (AvgIpc) is 3.01. The predicted molar refractivity (Wildman–Crippen MR) is 107 cm³/mol. The molecule has 1 aliphatic heterocycles. The van der Waals surface area contributed by atoms with Crippen molar-refractivity contribution in [3.05, 3.63) is 35.2 Å². The number of hydrogen-bond acceptors (Lipinski definition) is 5. The maximum absolute atomic E-state index is 12.4. The van der Waals surface area contributed by atoms with Gasteiger partial charge in [-0.1, -0.05) is 30.8 Å². The summed E-state index contributed by atoms with van der Waals surface area (Å²) in [5, 5.41) is 9.20. The molecule has 0 radical (unpaired) electrons. The number of piperidine rings is 1. The Labute approximate surface area is 165 Å². The number of likely N-dealkylation sites (tertiary alicyclic amines) is 1. The Balaban J connectivity index is 1.55. The molecular formula is C20H28N4O2S. The molecular weight excluding hydrogens is 360 g/mol. The van der Waals surface area contributed by atoms with Crippen LogP contribution < -0.4 is 4.74 Å². The Morgan fingerprint density at radius 3 is 2.93 bits per heavy atom. The summed E-state index contributed by atoms with van der Waals surface area (Å²) in [5.41, 5.74) is 2.34. The number of ether oxygens (including phenoxy) is 1. The largest absolute Gasteiger partial charge is 0.485 e. The summed E-state index contributed by atoms with van der Waals surface area (Å²) in [5.74, 6) is 2.79. The molecule has 146 valence electrons. The highest BCUT2D eigenvalue weighted by Gasteiger charge is 2.21. The molecule has 2 heterocycles. The Kier molecular flexibility index (Phi) is 6.42. The zero-order valence-corrected chi connectivity index (χ0v) is 17.4. The monoisotopic (exact) mass is 388 g/mol. The zero-order chi connectivity index (χ0) is 19.4. The van der Waals surface area contributed by atoms with Gasteiger partial charge >= 0.3 is 0 Å². The van der Waals surface area contributed by atoms with E-state index in [0.29, 0.717) is 18.3 Å². The molecule has 2 aromatic rings. The van der Waals surface area contributed by atoms with Gasteiger partial charge in [0.05, 0.1) is 5.75 Å². The number of hydrogen-bond donors (Lipinski definition) is 0. The molecule has 0 N–H and O–H groups in total. The molecule has 1 aromatic heterocycles. The summed E-state index contributed by atoms with van der Waals surface area (Å²) >= 11 is 1.44. The molecule has 0 unspecified atom stereocenters. The van der Waals surface area contributed by atoms with Gasteiger partial charge in [-0.3, -0.25) is 4.79 Å². The number of nitrogens with zero attached hydrogens (tertiary/aromatic N) is 4. The number of aromatic nitrogens is 3. The van der Waals surface area contributed by atoms with Crippen LogP contribution in [0.1, 0.15) is 36.7 Å². The van der Waals surface area contributed by atoms with Gasteiger partial charge in [-0.25, -0.2) is 0 Å². The van der Waals surface area contributed by atoms with Crippen molar-refractivity contribution in [3.8, 4) is 5.75 Å². The lowest BCUT2D eigenvalue weighted by Crippen LogP contribution is -2.40. The van der Waals surface area contributed by atoms with Gasteiger partial charge in [-0.15, -0.1) is 10.2 Å². The fourth-order valence-corrected chi connectivity index (χ4v) is 4.09. The van der Waals surface area contributed by atoms with Crippen LogP contribution in [0.25, 0.3) is 0 Å². The lowest BCUT2D eigenvalue weighted by Gasteiger charge is -2.30. The first-order valence-electron chi connectivity index (χ1n) is 9.43. The van der Waals surface area contributed by atoms with Crippen LogP contribution in [0.3, 0.4) is 0 Å². The zero-order valence-electron chi connectivity index (χ0n) is 16.6. The van der Waals surface area contributed by atoms with E-state index in [2.05, 4.69) is 37.0 Å². The highest BCUT2D eigenvalue weighted by Crippen LogP contribution is 2.23. The second-order valence-electron chi connectivity index (χ2n) is 7.32. The molecule has 6 nitrogen and oxygen atoms in total. The van der Waals surface area contributed by atoms with Crippen LogP contribution in [-0.2, 0) is 18.4 Å². The third-order valence-corrected chi connectivity index (χ3v) is 6.18. The summed E-state index contributed by atoms with van der Waals surface area (Å²) < 4.78 is 7.83. The summed E-state index contributed by atoms with van der Waals surface area (Å²) in [4.78, 5) is 14.4. The van der Waals surface area contributed by atoms with E-state index >= 15 is 0 Å². The van der Waals surface area contributed by atoms with Crippen LogP contribution in [0.15, 0.2) is 23.4 Å². The first-order chi connectivity index (χ1) is 13.0. The predicted octanol–water partition coefficient (Wildman–Crippen LogP) is 3.36. The molecule has 7 heteroatoms. The normalized spacial score (nSPS) is 17.2. The van der Waals surface area contributed by atoms with Crippen LogP contribution in [0.2, 0.25) is 0 Å². The second-order valence-corrected chi connectivity index (χ2v) is 8.26. The lowest BCUT2D eigenvalue weighted by molar-refractivity contribution is -0.130. The standard InChI is InChI=1S/C20H28N4O2S/c1-14-7-6-10-24(11-14)19(25)13-27-20-22-21-18(23(20)4)12-26-17-9-5-8-15(2)16(17)3/h5,8-9,14H,6-7,10-13H2,1-4H3/t14-/m1/s1. The minimum atomic E-state index is 0.183. The van der Waals surface area contributed by atoms with Gasteiger partial charge in [0, 0.05) is 20.1 Å². The van der Waals surface area contributed by atoms with E-state index in [9.17, 15) is 4.79 Å². The average molecular weight is 389 g/mol. The van der Waals surface area contributed by atoms with E-state index in [-0.39, 0.29) is 5.91 Å². The molecule has 0 spiro atoms. The number of amides is 1. The topological polar surface area (TPSA) is 60.3 Å². The summed E-state index contributed by atoms with van der Waals surface area (Å²) in [7, 11) is 1.91. The number of rotatable bonds is 6. The fraction of sp³-hybridized carbons (Fsp3) is 0.550. The third kappa shape index (κ3) is 4.83. The Hall–Kier alpha value is -2.02. The van der Waals surface area contributed by atoms with Crippen molar-refractivity contribution in [2.75, 3.05) is 18.8 Å². The van der Waals surface area contributed by atoms with Crippen LogP contribution in [-0.4, -0.2) is 44.4 Å². The van der Waals surface area contributed by atoms with E-state index < -0.39 is 0 Å². The first-order valence-corrected chi connectivity index (χ1v) is 10.4. The number of aryl methyl sites for hydroxylation is 1. The molecule has 0 bridgehead atoms. The van der Waals surface area contributed by atoms with Crippen molar-refractivity contribution in [2.24, 2.45) is 13.0 Å². The van der Waals surface area contributed by atoms with Gasteiger partial charge in [0.1, 0.15) is 12.4 Å². The molecule has 0 saturated carbocycles. The van der Waals surface area contributed by atoms with Gasteiger partial charge in [0.15, 0.2) is 11.0 Å². The smallest absolute Gasteiger partial charge is 0.233 e. The van der Waals surface area contributed by atoms with E-state index in [4.69, 9.17) is 4.74 Å². The Bertz CT molecular complexity index is 805. The molecule has 1 aromatic carbocycles. The summed E-state index contributed by atoms with van der Waals surface area (Å²) in [6.07, 6.45) is 2.31. The minimum Gasteiger partial charge on any atom is -0.485 e. The maximum atomic E-state index is 12.4. The van der Waals surface area contributed by atoms with Crippen molar-refractivity contribution in [2.45, 2.75) is 45.4 Å². The van der Waals surface area contributed by atoms with Crippen LogP contribution in [0, 0.1) is 19.8 Å². The molecule has 3 rings (SSSR count). The van der Waals surface area contributed by atoms with Crippen molar-refractivity contribution in [1.29, 1.82) is 0 Å². The Morgan fingerprint density at radius 2 is 2.15 bits per heavy atom. The maximum Gasteiger partial charge on any atom is 0.233 e. The van der Waals surface area contributed by atoms with Gasteiger partial charge in [0.25, 0.3) is 0 Å².